The van der Waals surface area contributed by atoms with Gasteiger partial charge in [0.15, 0.2) is 5.58 Å². The summed E-state index contributed by atoms with van der Waals surface area (Å²) in [7, 11) is 0. The number of benzene rings is 1. The Bertz CT molecular complexity index is 561. The number of hydrogen-bond donors (Lipinski definition) is 1. The zero-order valence-electron chi connectivity index (χ0n) is 11.4. The molecule has 0 bridgehead atoms. The molecule has 20 heavy (non-hydrogen) atoms. The molecule has 1 aliphatic carbocycles. The summed E-state index contributed by atoms with van der Waals surface area (Å²) in [5.74, 6) is 0. The molecule has 5 nitrogen and oxygen atoms in total. The van der Waals surface area contributed by atoms with E-state index in [1.54, 1.807) is 0 Å². The lowest BCUT2D eigenvalue weighted by Gasteiger charge is -2.32. The molecule has 1 N–H and O–H groups in total. The van der Waals surface area contributed by atoms with E-state index in [2.05, 4.69) is 15.2 Å². The van der Waals surface area contributed by atoms with Gasteiger partial charge in [0.25, 0.3) is 6.01 Å². The molecule has 4 rings (SSSR count). The van der Waals surface area contributed by atoms with Crippen molar-refractivity contribution >= 4 is 17.1 Å². The number of oxazole rings is 1. The quantitative estimate of drug-likeness (QED) is 0.924. The predicted molar refractivity (Wildman–Crippen MR) is 76.8 cm³/mol. The zero-order chi connectivity index (χ0) is 13.4. The van der Waals surface area contributed by atoms with Gasteiger partial charge in [0.1, 0.15) is 5.52 Å². The van der Waals surface area contributed by atoms with Gasteiger partial charge < -0.3 is 14.5 Å². The molecule has 2 heterocycles. The molecule has 0 spiro atoms. The van der Waals surface area contributed by atoms with Crippen LogP contribution in [-0.2, 0) is 4.74 Å². The summed E-state index contributed by atoms with van der Waals surface area (Å²) >= 11 is 0. The van der Waals surface area contributed by atoms with Gasteiger partial charge >= 0.3 is 0 Å². The summed E-state index contributed by atoms with van der Waals surface area (Å²) in [6.45, 7) is 3.66. The van der Waals surface area contributed by atoms with Crippen molar-refractivity contribution in [2.45, 2.75) is 25.0 Å². The minimum atomic E-state index is 0.222. The highest BCUT2D eigenvalue weighted by Gasteiger charge is 2.32. The largest absolute Gasteiger partial charge is 0.424 e. The van der Waals surface area contributed by atoms with Crippen LogP contribution in [0.25, 0.3) is 11.1 Å². The molecule has 0 amide bonds. The molecule has 0 radical (unpaired) electrons. The maximum absolute atomic E-state index is 5.81. The number of anilines is 1. The van der Waals surface area contributed by atoms with E-state index in [0.717, 1.165) is 43.4 Å². The van der Waals surface area contributed by atoms with E-state index in [4.69, 9.17) is 9.15 Å². The summed E-state index contributed by atoms with van der Waals surface area (Å²) in [6, 6.07) is 9.20. The van der Waals surface area contributed by atoms with E-state index < -0.39 is 0 Å². The van der Waals surface area contributed by atoms with Crippen LogP contribution < -0.4 is 5.32 Å². The Labute approximate surface area is 117 Å². The number of nitrogens with zero attached hydrogens (tertiary/aromatic N) is 2. The number of para-hydroxylation sites is 2. The Hall–Kier alpha value is -1.59. The monoisotopic (exact) mass is 273 g/mol. The minimum absolute atomic E-state index is 0.222. The number of ether oxygens (including phenoxy) is 1. The molecule has 1 saturated carbocycles. The van der Waals surface area contributed by atoms with Crippen molar-refractivity contribution in [1.82, 2.24) is 9.88 Å². The molecule has 5 heteroatoms. The van der Waals surface area contributed by atoms with Crippen molar-refractivity contribution in [3.05, 3.63) is 24.3 Å². The van der Waals surface area contributed by atoms with Gasteiger partial charge in [0.05, 0.1) is 12.7 Å². The van der Waals surface area contributed by atoms with Crippen LogP contribution in [0.15, 0.2) is 28.7 Å². The van der Waals surface area contributed by atoms with Crippen LogP contribution in [0.2, 0.25) is 0 Å². The van der Waals surface area contributed by atoms with Gasteiger partial charge in [-0.3, -0.25) is 4.90 Å². The van der Waals surface area contributed by atoms with Gasteiger partial charge in [0, 0.05) is 25.7 Å². The lowest BCUT2D eigenvalue weighted by molar-refractivity contribution is -0.0243. The fourth-order valence-corrected chi connectivity index (χ4v) is 2.79. The van der Waals surface area contributed by atoms with E-state index in [1.807, 2.05) is 24.3 Å². The minimum Gasteiger partial charge on any atom is -0.424 e. The lowest BCUT2D eigenvalue weighted by Crippen LogP contribution is -2.46. The number of rotatable bonds is 4. The Morgan fingerprint density at radius 2 is 2.20 bits per heavy atom. The third-order valence-corrected chi connectivity index (χ3v) is 4.01. The maximum atomic E-state index is 5.81. The summed E-state index contributed by atoms with van der Waals surface area (Å²) in [4.78, 5) is 6.96. The summed E-state index contributed by atoms with van der Waals surface area (Å²) in [6.07, 6.45) is 2.93. The Kier molecular flexibility index (Phi) is 3.09. The first-order chi connectivity index (χ1) is 9.88. The number of fused-ring (bicyclic) bond motifs is 1. The highest BCUT2D eigenvalue weighted by Crippen LogP contribution is 2.28. The number of nitrogens with one attached hydrogen (secondary N) is 1. The van der Waals surface area contributed by atoms with E-state index in [0.29, 0.717) is 6.01 Å². The van der Waals surface area contributed by atoms with Crippen LogP contribution in [0, 0.1) is 0 Å². The molecule has 1 aromatic heterocycles. The van der Waals surface area contributed by atoms with E-state index >= 15 is 0 Å². The summed E-state index contributed by atoms with van der Waals surface area (Å²) in [5.41, 5.74) is 1.71. The van der Waals surface area contributed by atoms with Crippen LogP contribution in [0.5, 0.6) is 0 Å². The molecule has 1 saturated heterocycles. The van der Waals surface area contributed by atoms with Crippen molar-refractivity contribution in [2.24, 2.45) is 0 Å². The van der Waals surface area contributed by atoms with Crippen LogP contribution in [-0.4, -0.2) is 48.3 Å². The van der Waals surface area contributed by atoms with Crippen LogP contribution in [0.4, 0.5) is 6.01 Å². The predicted octanol–water partition coefficient (Wildman–Crippen LogP) is 2.10. The fraction of sp³-hybridized carbons (Fsp3) is 0.533. The van der Waals surface area contributed by atoms with Crippen LogP contribution in [0.1, 0.15) is 12.8 Å². The second kappa shape index (κ2) is 5.07. The highest BCUT2D eigenvalue weighted by molar-refractivity contribution is 5.74. The molecular formula is C15H19N3O2. The Balaban J connectivity index is 1.37. The second-order valence-electron chi connectivity index (χ2n) is 5.59. The first kappa shape index (κ1) is 12.2. The fourth-order valence-electron chi connectivity index (χ4n) is 2.79. The van der Waals surface area contributed by atoms with E-state index in [-0.39, 0.29) is 6.10 Å². The van der Waals surface area contributed by atoms with Crippen molar-refractivity contribution in [1.29, 1.82) is 0 Å². The SMILES string of the molecule is c1ccc2oc(NC[C@H]3CN(C4CC4)CCO3)nc2c1. The molecule has 106 valence electrons. The Morgan fingerprint density at radius 1 is 1.30 bits per heavy atom. The maximum Gasteiger partial charge on any atom is 0.295 e. The smallest absolute Gasteiger partial charge is 0.295 e. The van der Waals surface area contributed by atoms with Crippen LogP contribution in [0.3, 0.4) is 0 Å². The van der Waals surface area contributed by atoms with Crippen molar-refractivity contribution in [3.8, 4) is 0 Å². The molecule has 1 aromatic carbocycles. The van der Waals surface area contributed by atoms with Crippen molar-refractivity contribution < 1.29 is 9.15 Å². The average molecular weight is 273 g/mol. The number of aromatic nitrogens is 1. The molecular weight excluding hydrogens is 254 g/mol. The standard InChI is InChI=1S/C15H19N3O2/c1-2-4-14-13(3-1)17-15(20-14)16-9-12-10-18(7-8-19-12)11-5-6-11/h1-4,11-12H,5-10H2,(H,16,17)/t12-/m0/s1. The second-order valence-corrected chi connectivity index (χ2v) is 5.59. The van der Waals surface area contributed by atoms with Gasteiger partial charge in [0.2, 0.25) is 0 Å². The molecule has 2 aromatic rings. The summed E-state index contributed by atoms with van der Waals surface area (Å²) < 4.78 is 11.5. The van der Waals surface area contributed by atoms with Gasteiger partial charge in [-0.1, -0.05) is 12.1 Å². The molecule has 1 aliphatic heterocycles. The van der Waals surface area contributed by atoms with Crippen LogP contribution >= 0.6 is 0 Å². The molecule has 2 fully saturated rings. The number of morpholine rings is 1. The van der Waals surface area contributed by atoms with E-state index in [1.165, 1.54) is 12.8 Å². The van der Waals surface area contributed by atoms with Crippen molar-refractivity contribution in [2.75, 3.05) is 31.6 Å². The summed E-state index contributed by atoms with van der Waals surface area (Å²) in [5, 5.41) is 3.25. The van der Waals surface area contributed by atoms with Gasteiger partial charge in [-0.25, -0.2) is 0 Å². The lowest BCUT2D eigenvalue weighted by atomic mass is 10.2. The highest BCUT2D eigenvalue weighted by atomic mass is 16.5. The van der Waals surface area contributed by atoms with Crippen molar-refractivity contribution in [3.63, 3.8) is 0 Å². The first-order valence-electron chi connectivity index (χ1n) is 7.33. The van der Waals surface area contributed by atoms with E-state index in [9.17, 15) is 0 Å². The first-order valence-corrected chi connectivity index (χ1v) is 7.33. The van der Waals surface area contributed by atoms with Gasteiger partial charge in [-0.15, -0.1) is 0 Å². The third kappa shape index (κ3) is 2.51. The Morgan fingerprint density at radius 3 is 3.05 bits per heavy atom. The van der Waals surface area contributed by atoms with Gasteiger partial charge in [-0.2, -0.15) is 4.98 Å². The molecule has 2 aliphatic rings. The number of hydrogen-bond acceptors (Lipinski definition) is 5. The molecule has 0 unspecified atom stereocenters. The van der Waals surface area contributed by atoms with Gasteiger partial charge in [-0.05, 0) is 25.0 Å². The topological polar surface area (TPSA) is 50.5 Å². The average Bonchev–Trinajstić information content (AvgIpc) is 3.25. The zero-order valence-corrected chi connectivity index (χ0v) is 11.4. The normalized spacial score (nSPS) is 24.1. The third-order valence-electron chi connectivity index (χ3n) is 4.01. The molecule has 1 atom stereocenters.